The Morgan fingerprint density at radius 1 is 1.26 bits per heavy atom. The van der Waals surface area contributed by atoms with Gasteiger partial charge in [-0.15, -0.1) is 0 Å². The van der Waals surface area contributed by atoms with Crippen LogP contribution in [0.5, 0.6) is 0 Å². The molecule has 104 valence electrons. The van der Waals surface area contributed by atoms with Crippen LogP contribution in [0.1, 0.15) is 43.4 Å². The molecule has 1 saturated carbocycles. The number of nitrogens with one attached hydrogen (secondary N) is 1. The van der Waals surface area contributed by atoms with Crippen LogP contribution in [0.4, 0.5) is 0 Å². The van der Waals surface area contributed by atoms with Crippen molar-refractivity contribution in [3.8, 4) is 0 Å². The summed E-state index contributed by atoms with van der Waals surface area (Å²) in [7, 11) is 2.11. The molecule has 0 aliphatic heterocycles. The molecule has 2 unspecified atom stereocenters. The number of fused-ring (bicyclic) bond motifs is 1. The van der Waals surface area contributed by atoms with Crippen LogP contribution in [0.2, 0.25) is 0 Å². The lowest BCUT2D eigenvalue weighted by Crippen LogP contribution is -2.45. The maximum absolute atomic E-state index is 3.55. The molecule has 19 heavy (non-hydrogen) atoms. The molecule has 1 N–H and O–H groups in total. The van der Waals surface area contributed by atoms with Crippen molar-refractivity contribution in [3.05, 3.63) is 35.4 Å². The first-order valence-corrected chi connectivity index (χ1v) is 7.82. The van der Waals surface area contributed by atoms with Crippen LogP contribution in [0.3, 0.4) is 0 Å². The standard InChI is InChI=1S/C17H26N2/c1-3-19(12-13-7-6-8-13)16-11-14-9-4-5-10-15(14)17(16)18-2/h4-5,9-10,13,16-18H,3,6-8,11-12H2,1-2H3. The first kappa shape index (κ1) is 13.1. The van der Waals surface area contributed by atoms with Crippen molar-refractivity contribution in [1.29, 1.82) is 0 Å². The Kier molecular flexibility index (Phi) is 3.90. The highest BCUT2D eigenvalue weighted by Crippen LogP contribution is 2.36. The van der Waals surface area contributed by atoms with Crippen molar-refractivity contribution >= 4 is 0 Å². The van der Waals surface area contributed by atoms with Crippen molar-refractivity contribution in [2.45, 2.75) is 44.7 Å². The van der Waals surface area contributed by atoms with E-state index in [0.717, 1.165) is 5.92 Å². The van der Waals surface area contributed by atoms with Crippen LogP contribution in [0, 0.1) is 5.92 Å². The van der Waals surface area contributed by atoms with Crippen molar-refractivity contribution in [2.24, 2.45) is 5.92 Å². The van der Waals surface area contributed by atoms with Crippen molar-refractivity contribution in [1.82, 2.24) is 10.2 Å². The number of rotatable bonds is 5. The monoisotopic (exact) mass is 258 g/mol. The van der Waals surface area contributed by atoms with Gasteiger partial charge in [0.25, 0.3) is 0 Å². The van der Waals surface area contributed by atoms with Gasteiger partial charge in [0.2, 0.25) is 0 Å². The molecule has 2 aliphatic rings. The minimum absolute atomic E-state index is 0.510. The minimum Gasteiger partial charge on any atom is -0.312 e. The molecule has 0 amide bonds. The first-order chi connectivity index (χ1) is 9.33. The van der Waals surface area contributed by atoms with Gasteiger partial charge >= 0.3 is 0 Å². The molecule has 2 atom stereocenters. The molecule has 0 saturated heterocycles. The second-order valence-electron chi connectivity index (χ2n) is 6.12. The van der Waals surface area contributed by atoms with E-state index in [0.29, 0.717) is 12.1 Å². The van der Waals surface area contributed by atoms with Crippen LogP contribution in [0.25, 0.3) is 0 Å². The molecular weight excluding hydrogens is 232 g/mol. The van der Waals surface area contributed by atoms with Gasteiger partial charge < -0.3 is 5.32 Å². The third-order valence-corrected chi connectivity index (χ3v) is 5.11. The predicted octanol–water partition coefficient (Wildman–Crippen LogP) is 2.99. The molecule has 0 radical (unpaired) electrons. The highest BCUT2D eigenvalue weighted by atomic mass is 15.2. The van der Waals surface area contributed by atoms with Crippen LogP contribution in [0.15, 0.2) is 24.3 Å². The molecule has 1 aromatic carbocycles. The fourth-order valence-electron chi connectivity index (χ4n) is 3.77. The molecule has 1 aromatic rings. The van der Waals surface area contributed by atoms with E-state index in [1.54, 1.807) is 5.56 Å². The summed E-state index contributed by atoms with van der Waals surface area (Å²) in [6.07, 6.45) is 5.55. The van der Waals surface area contributed by atoms with E-state index in [-0.39, 0.29) is 0 Å². The predicted molar refractivity (Wildman–Crippen MR) is 80.3 cm³/mol. The third-order valence-electron chi connectivity index (χ3n) is 5.11. The topological polar surface area (TPSA) is 15.3 Å². The summed E-state index contributed by atoms with van der Waals surface area (Å²) in [6.45, 7) is 4.79. The highest BCUT2D eigenvalue weighted by Gasteiger charge is 2.35. The van der Waals surface area contributed by atoms with E-state index in [1.807, 2.05) is 0 Å². The van der Waals surface area contributed by atoms with E-state index in [4.69, 9.17) is 0 Å². The molecular formula is C17H26N2. The molecule has 3 rings (SSSR count). The fraction of sp³-hybridized carbons (Fsp3) is 0.647. The summed E-state index contributed by atoms with van der Waals surface area (Å²) in [6, 6.07) is 10.1. The van der Waals surface area contributed by atoms with E-state index in [1.165, 1.54) is 44.3 Å². The molecule has 0 spiro atoms. The smallest absolute Gasteiger partial charge is 0.0481 e. The Hall–Kier alpha value is -0.860. The van der Waals surface area contributed by atoms with Gasteiger partial charge in [0.15, 0.2) is 0 Å². The van der Waals surface area contributed by atoms with Gasteiger partial charge in [-0.25, -0.2) is 0 Å². The van der Waals surface area contributed by atoms with E-state index >= 15 is 0 Å². The number of hydrogen-bond donors (Lipinski definition) is 1. The summed E-state index contributed by atoms with van der Waals surface area (Å²) in [5.74, 6) is 0.959. The SMILES string of the molecule is CCN(CC1CCC1)C1Cc2ccccc2C1NC. The number of nitrogens with zero attached hydrogens (tertiary/aromatic N) is 1. The van der Waals surface area contributed by atoms with E-state index < -0.39 is 0 Å². The third kappa shape index (κ3) is 2.44. The number of hydrogen-bond acceptors (Lipinski definition) is 2. The second-order valence-corrected chi connectivity index (χ2v) is 6.12. The molecule has 2 aliphatic carbocycles. The Labute approximate surface area is 117 Å². The Bertz CT molecular complexity index is 425. The van der Waals surface area contributed by atoms with Gasteiger partial charge in [-0.05, 0) is 49.9 Å². The molecule has 0 aromatic heterocycles. The summed E-state index contributed by atoms with van der Waals surface area (Å²) in [5, 5.41) is 3.55. The normalized spacial score (nSPS) is 26.5. The molecule has 0 heterocycles. The Morgan fingerprint density at radius 2 is 2.05 bits per heavy atom. The maximum Gasteiger partial charge on any atom is 0.0481 e. The summed E-state index contributed by atoms with van der Waals surface area (Å²) < 4.78 is 0. The van der Waals surface area contributed by atoms with Gasteiger partial charge in [0, 0.05) is 18.6 Å². The zero-order valence-electron chi connectivity index (χ0n) is 12.2. The molecule has 2 nitrogen and oxygen atoms in total. The van der Waals surface area contributed by atoms with Crippen LogP contribution < -0.4 is 5.32 Å². The number of benzene rings is 1. The lowest BCUT2D eigenvalue weighted by molar-refractivity contribution is 0.122. The fourth-order valence-corrected chi connectivity index (χ4v) is 3.77. The average molecular weight is 258 g/mol. The first-order valence-electron chi connectivity index (χ1n) is 7.82. The van der Waals surface area contributed by atoms with E-state index in [2.05, 4.69) is 48.5 Å². The zero-order chi connectivity index (χ0) is 13.2. The van der Waals surface area contributed by atoms with Crippen molar-refractivity contribution < 1.29 is 0 Å². The molecule has 1 fully saturated rings. The summed E-state index contributed by atoms with van der Waals surface area (Å²) >= 11 is 0. The average Bonchev–Trinajstić information content (AvgIpc) is 2.76. The van der Waals surface area contributed by atoms with Gasteiger partial charge in [0.05, 0.1) is 0 Å². The number of likely N-dealkylation sites (N-methyl/N-ethyl adjacent to an activating group) is 2. The van der Waals surface area contributed by atoms with Crippen LogP contribution in [-0.4, -0.2) is 31.1 Å². The van der Waals surface area contributed by atoms with Gasteiger partial charge in [-0.2, -0.15) is 0 Å². The summed E-state index contributed by atoms with van der Waals surface area (Å²) in [4.78, 5) is 2.71. The summed E-state index contributed by atoms with van der Waals surface area (Å²) in [5.41, 5.74) is 3.06. The minimum atomic E-state index is 0.510. The quantitative estimate of drug-likeness (QED) is 0.873. The van der Waals surface area contributed by atoms with Gasteiger partial charge in [-0.3, -0.25) is 4.90 Å². The van der Waals surface area contributed by atoms with Crippen molar-refractivity contribution in [2.75, 3.05) is 20.1 Å². The second kappa shape index (κ2) is 5.64. The van der Waals surface area contributed by atoms with E-state index in [9.17, 15) is 0 Å². The Morgan fingerprint density at radius 3 is 2.68 bits per heavy atom. The lowest BCUT2D eigenvalue weighted by Gasteiger charge is -2.37. The Balaban J connectivity index is 1.76. The van der Waals surface area contributed by atoms with Crippen LogP contribution in [-0.2, 0) is 6.42 Å². The lowest BCUT2D eigenvalue weighted by atomic mass is 9.84. The zero-order valence-corrected chi connectivity index (χ0v) is 12.2. The van der Waals surface area contributed by atoms with Crippen LogP contribution >= 0.6 is 0 Å². The van der Waals surface area contributed by atoms with Gasteiger partial charge in [0.1, 0.15) is 0 Å². The molecule has 0 bridgehead atoms. The maximum atomic E-state index is 3.55. The largest absolute Gasteiger partial charge is 0.312 e. The highest BCUT2D eigenvalue weighted by molar-refractivity contribution is 5.37. The molecule has 2 heteroatoms. The van der Waals surface area contributed by atoms with Gasteiger partial charge in [-0.1, -0.05) is 37.6 Å². The van der Waals surface area contributed by atoms with Crippen molar-refractivity contribution in [3.63, 3.8) is 0 Å².